The fourth-order valence-corrected chi connectivity index (χ4v) is 2.34. The van der Waals surface area contributed by atoms with Gasteiger partial charge in [0.25, 0.3) is 5.91 Å². The maximum absolute atomic E-state index is 12.3. The van der Waals surface area contributed by atoms with Crippen LogP contribution in [-0.2, 0) is 0 Å². The second kappa shape index (κ2) is 4.78. The van der Waals surface area contributed by atoms with Crippen LogP contribution in [0.2, 0.25) is 5.02 Å². The summed E-state index contributed by atoms with van der Waals surface area (Å²) in [6.45, 7) is 6.12. The van der Waals surface area contributed by atoms with Crippen LogP contribution >= 0.6 is 11.6 Å². The Morgan fingerprint density at radius 3 is 2.83 bits per heavy atom. The van der Waals surface area contributed by atoms with E-state index in [4.69, 9.17) is 11.6 Å². The average Bonchev–Trinajstić information content (AvgIpc) is 2.27. The number of nitrogens with zero attached hydrogens (tertiary/aromatic N) is 1. The van der Waals surface area contributed by atoms with Gasteiger partial charge in [-0.2, -0.15) is 0 Å². The van der Waals surface area contributed by atoms with Gasteiger partial charge in [0.2, 0.25) is 0 Å². The molecule has 1 amide bonds. The molecular formula is C13H17ClN2O2. The number of phenolic OH excluding ortho intramolecular Hbond substituents is 1. The zero-order chi connectivity index (χ0) is 13.3. The van der Waals surface area contributed by atoms with Crippen molar-refractivity contribution in [2.24, 2.45) is 0 Å². The largest absolute Gasteiger partial charge is 0.507 e. The van der Waals surface area contributed by atoms with E-state index in [-0.39, 0.29) is 17.2 Å². The summed E-state index contributed by atoms with van der Waals surface area (Å²) >= 11 is 5.76. The Kier molecular flexibility index (Phi) is 3.50. The molecule has 1 aliphatic heterocycles. The summed E-state index contributed by atoms with van der Waals surface area (Å²) < 4.78 is 0. The van der Waals surface area contributed by atoms with Crippen LogP contribution in [0.5, 0.6) is 5.75 Å². The molecular weight excluding hydrogens is 252 g/mol. The van der Waals surface area contributed by atoms with Crippen LogP contribution in [0.3, 0.4) is 0 Å². The summed E-state index contributed by atoms with van der Waals surface area (Å²) in [5.41, 5.74) is 0.202. The summed E-state index contributed by atoms with van der Waals surface area (Å²) in [6, 6.07) is 4.57. The smallest absolute Gasteiger partial charge is 0.257 e. The lowest BCUT2D eigenvalue weighted by atomic mass is 10.0. The standard InChI is InChI=1S/C13H17ClN2O2/c1-13(2)8-16(6-5-15-13)12(18)10-4-3-9(14)7-11(10)17/h3-4,7,15,17H,5-6,8H2,1-2H3. The first-order chi connectivity index (χ1) is 8.39. The minimum Gasteiger partial charge on any atom is -0.507 e. The van der Waals surface area contributed by atoms with Gasteiger partial charge in [-0.3, -0.25) is 4.79 Å². The molecule has 0 atom stereocenters. The highest BCUT2D eigenvalue weighted by Gasteiger charge is 2.29. The molecule has 4 nitrogen and oxygen atoms in total. The zero-order valence-corrected chi connectivity index (χ0v) is 11.3. The molecule has 0 saturated carbocycles. The van der Waals surface area contributed by atoms with Crippen molar-refractivity contribution in [3.63, 3.8) is 0 Å². The van der Waals surface area contributed by atoms with E-state index in [2.05, 4.69) is 5.32 Å². The van der Waals surface area contributed by atoms with E-state index >= 15 is 0 Å². The molecule has 0 aromatic heterocycles. The van der Waals surface area contributed by atoms with Gasteiger partial charge in [-0.15, -0.1) is 0 Å². The van der Waals surface area contributed by atoms with E-state index in [9.17, 15) is 9.90 Å². The molecule has 2 rings (SSSR count). The normalized spacial score (nSPS) is 18.7. The molecule has 1 aliphatic rings. The van der Waals surface area contributed by atoms with Crippen LogP contribution in [0.25, 0.3) is 0 Å². The Morgan fingerprint density at radius 1 is 1.50 bits per heavy atom. The SMILES string of the molecule is CC1(C)CN(C(=O)c2ccc(Cl)cc2O)CCN1. The first-order valence-corrected chi connectivity index (χ1v) is 6.30. The van der Waals surface area contributed by atoms with Crippen molar-refractivity contribution in [3.05, 3.63) is 28.8 Å². The Hall–Kier alpha value is -1.26. The number of rotatable bonds is 1. The topological polar surface area (TPSA) is 52.6 Å². The van der Waals surface area contributed by atoms with Crippen molar-refractivity contribution in [2.45, 2.75) is 19.4 Å². The number of halogens is 1. The number of carbonyl (C=O) groups excluding carboxylic acids is 1. The molecule has 1 aromatic rings. The second-order valence-corrected chi connectivity index (χ2v) is 5.64. The number of hydrogen-bond acceptors (Lipinski definition) is 3. The van der Waals surface area contributed by atoms with Crippen molar-refractivity contribution in [2.75, 3.05) is 19.6 Å². The molecule has 5 heteroatoms. The van der Waals surface area contributed by atoms with E-state index in [1.807, 2.05) is 13.8 Å². The molecule has 1 fully saturated rings. The first kappa shape index (κ1) is 13.2. The number of aromatic hydroxyl groups is 1. The number of carbonyl (C=O) groups is 1. The van der Waals surface area contributed by atoms with Crippen molar-refractivity contribution < 1.29 is 9.90 Å². The summed E-state index contributed by atoms with van der Waals surface area (Å²) in [4.78, 5) is 14.1. The van der Waals surface area contributed by atoms with Crippen LogP contribution in [0.1, 0.15) is 24.2 Å². The maximum atomic E-state index is 12.3. The van der Waals surface area contributed by atoms with Gasteiger partial charge in [-0.1, -0.05) is 11.6 Å². The molecule has 1 heterocycles. The summed E-state index contributed by atoms with van der Waals surface area (Å²) in [5.74, 6) is -0.220. The zero-order valence-electron chi connectivity index (χ0n) is 10.5. The van der Waals surface area contributed by atoms with E-state index < -0.39 is 0 Å². The molecule has 0 spiro atoms. The fraction of sp³-hybridized carbons (Fsp3) is 0.462. The lowest BCUT2D eigenvalue weighted by Gasteiger charge is -2.39. The minimum atomic E-state index is -0.154. The average molecular weight is 269 g/mol. The predicted octanol–water partition coefficient (Wildman–Crippen LogP) is 1.87. The Balaban J connectivity index is 2.20. The van der Waals surface area contributed by atoms with Crippen molar-refractivity contribution >= 4 is 17.5 Å². The highest BCUT2D eigenvalue weighted by atomic mass is 35.5. The molecule has 1 aromatic carbocycles. The van der Waals surface area contributed by atoms with Crippen LogP contribution in [-0.4, -0.2) is 41.1 Å². The summed E-state index contributed by atoms with van der Waals surface area (Å²) in [5, 5.41) is 13.5. The first-order valence-electron chi connectivity index (χ1n) is 5.92. The van der Waals surface area contributed by atoms with Crippen molar-refractivity contribution in [3.8, 4) is 5.75 Å². The van der Waals surface area contributed by atoms with Crippen LogP contribution in [0.15, 0.2) is 18.2 Å². The lowest BCUT2D eigenvalue weighted by molar-refractivity contribution is 0.0649. The van der Waals surface area contributed by atoms with Crippen LogP contribution in [0, 0.1) is 0 Å². The van der Waals surface area contributed by atoms with E-state index in [0.29, 0.717) is 23.7 Å². The van der Waals surface area contributed by atoms with E-state index in [1.54, 1.807) is 17.0 Å². The highest BCUT2D eigenvalue weighted by Crippen LogP contribution is 2.24. The van der Waals surface area contributed by atoms with Crippen LogP contribution in [0.4, 0.5) is 0 Å². The van der Waals surface area contributed by atoms with Gasteiger partial charge in [0.05, 0.1) is 5.56 Å². The Bertz CT molecular complexity index is 474. The maximum Gasteiger partial charge on any atom is 0.257 e. The van der Waals surface area contributed by atoms with Gasteiger partial charge < -0.3 is 15.3 Å². The molecule has 0 unspecified atom stereocenters. The van der Waals surface area contributed by atoms with Gasteiger partial charge in [-0.25, -0.2) is 0 Å². The molecule has 98 valence electrons. The third kappa shape index (κ3) is 2.76. The van der Waals surface area contributed by atoms with Crippen LogP contribution < -0.4 is 5.32 Å². The lowest BCUT2D eigenvalue weighted by Crippen LogP contribution is -2.58. The number of amides is 1. The molecule has 18 heavy (non-hydrogen) atoms. The molecule has 0 bridgehead atoms. The third-order valence-electron chi connectivity index (χ3n) is 3.05. The predicted molar refractivity (Wildman–Crippen MR) is 71.1 cm³/mol. The molecule has 1 saturated heterocycles. The van der Waals surface area contributed by atoms with Gasteiger partial charge >= 0.3 is 0 Å². The van der Waals surface area contributed by atoms with E-state index in [1.165, 1.54) is 6.07 Å². The Morgan fingerprint density at radius 2 is 2.22 bits per heavy atom. The number of piperazine rings is 1. The number of hydrogen-bond donors (Lipinski definition) is 2. The second-order valence-electron chi connectivity index (χ2n) is 5.20. The number of benzene rings is 1. The highest BCUT2D eigenvalue weighted by molar-refractivity contribution is 6.30. The quantitative estimate of drug-likeness (QED) is 0.818. The molecule has 2 N–H and O–H groups in total. The molecule has 0 radical (unpaired) electrons. The fourth-order valence-electron chi connectivity index (χ4n) is 2.17. The summed E-state index contributed by atoms with van der Waals surface area (Å²) in [6.07, 6.45) is 0. The Labute approximate surface area is 112 Å². The van der Waals surface area contributed by atoms with Crippen molar-refractivity contribution in [1.82, 2.24) is 10.2 Å². The van der Waals surface area contributed by atoms with Gasteiger partial charge in [-0.05, 0) is 32.0 Å². The van der Waals surface area contributed by atoms with E-state index in [0.717, 1.165) is 6.54 Å². The number of nitrogens with one attached hydrogen (secondary N) is 1. The van der Waals surface area contributed by atoms with Crippen molar-refractivity contribution in [1.29, 1.82) is 0 Å². The van der Waals surface area contributed by atoms with Gasteiger partial charge in [0.15, 0.2) is 0 Å². The number of phenols is 1. The third-order valence-corrected chi connectivity index (χ3v) is 3.28. The molecule has 0 aliphatic carbocycles. The summed E-state index contributed by atoms with van der Waals surface area (Å²) in [7, 11) is 0. The minimum absolute atomic E-state index is 0.0659. The van der Waals surface area contributed by atoms with Gasteiger partial charge in [0, 0.05) is 30.2 Å². The monoisotopic (exact) mass is 268 g/mol. The van der Waals surface area contributed by atoms with Gasteiger partial charge in [0.1, 0.15) is 5.75 Å².